The Morgan fingerprint density at radius 3 is 2.81 bits per heavy atom. The first-order valence-corrected chi connectivity index (χ1v) is 7.73. The number of hydrogen-bond acceptors (Lipinski definition) is 3. The summed E-state index contributed by atoms with van der Waals surface area (Å²) in [5, 5.41) is 3.91. The number of benzene rings is 2. The summed E-state index contributed by atoms with van der Waals surface area (Å²) >= 11 is 9.58. The van der Waals surface area contributed by atoms with Gasteiger partial charge in [0.1, 0.15) is 0 Å². The molecule has 0 saturated carbocycles. The monoisotopic (exact) mass is 367 g/mol. The van der Waals surface area contributed by atoms with Crippen molar-refractivity contribution in [2.45, 2.75) is 13.5 Å². The van der Waals surface area contributed by atoms with E-state index in [2.05, 4.69) is 21.2 Å². The predicted octanol–water partition coefficient (Wildman–Crippen LogP) is 4.89. The number of hydrogen-bond donors (Lipinski definition) is 1. The van der Waals surface area contributed by atoms with E-state index < -0.39 is 0 Å². The molecular weight excluding hydrogens is 354 g/mol. The van der Waals surface area contributed by atoms with Crippen LogP contribution in [0, 0.1) is 0 Å². The number of rotatable bonds is 5. The molecule has 0 heterocycles. The molecule has 21 heavy (non-hydrogen) atoms. The number of carbonyl (C=O) groups is 1. The molecule has 0 amide bonds. The molecule has 0 aliphatic carbocycles. The number of esters is 1. The van der Waals surface area contributed by atoms with Crippen molar-refractivity contribution in [3.63, 3.8) is 0 Å². The lowest BCUT2D eigenvalue weighted by Gasteiger charge is -2.12. The molecule has 0 bridgehead atoms. The van der Waals surface area contributed by atoms with Gasteiger partial charge in [0.15, 0.2) is 0 Å². The van der Waals surface area contributed by atoms with Crippen molar-refractivity contribution in [2.75, 3.05) is 11.9 Å². The van der Waals surface area contributed by atoms with E-state index in [4.69, 9.17) is 16.3 Å². The Labute approximate surface area is 137 Å². The number of carbonyl (C=O) groups excluding carboxylic acids is 1. The molecule has 5 heteroatoms. The Bertz CT molecular complexity index is 646. The molecule has 0 aliphatic rings. The second kappa shape index (κ2) is 7.48. The third-order valence-electron chi connectivity index (χ3n) is 2.90. The van der Waals surface area contributed by atoms with Crippen LogP contribution in [0.5, 0.6) is 0 Å². The normalized spacial score (nSPS) is 10.2. The van der Waals surface area contributed by atoms with Crippen molar-refractivity contribution in [3.8, 4) is 0 Å². The second-order valence-electron chi connectivity index (χ2n) is 4.36. The van der Waals surface area contributed by atoms with Gasteiger partial charge in [-0.1, -0.05) is 39.7 Å². The van der Waals surface area contributed by atoms with Crippen LogP contribution in [0.3, 0.4) is 0 Å². The Hall–Kier alpha value is -1.52. The SMILES string of the molecule is CCOC(=O)c1ccccc1NCc1cc(Br)ccc1Cl. The van der Waals surface area contributed by atoms with Gasteiger partial charge in [-0.2, -0.15) is 0 Å². The van der Waals surface area contributed by atoms with Gasteiger partial charge < -0.3 is 10.1 Å². The van der Waals surface area contributed by atoms with Crippen LogP contribution in [0.25, 0.3) is 0 Å². The van der Waals surface area contributed by atoms with Crippen LogP contribution in [0.1, 0.15) is 22.8 Å². The maximum atomic E-state index is 11.9. The van der Waals surface area contributed by atoms with E-state index in [1.54, 1.807) is 13.0 Å². The van der Waals surface area contributed by atoms with E-state index in [-0.39, 0.29) is 5.97 Å². The van der Waals surface area contributed by atoms with Gasteiger partial charge in [-0.25, -0.2) is 4.79 Å². The van der Waals surface area contributed by atoms with Crippen molar-refractivity contribution in [2.24, 2.45) is 0 Å². The van der Waals surface area contributed by atoms with Crippen LogP contribution >= 0.6 is 27.5 Å². The zero-order valence-corrected chi connectivity index (χ0v) is 13.9. The molecular formula is C16H15BrClNO2. The van der Waals surface area contributed by atoms with Crippen LogP contribution in [0.15, 0.2) is 46.9 Å². The third kappa shape index (κ3) is 4.22. The number of halogens is 2. The Morgan fingerprint density at radius 1 is 1.29 bits per heavy atom. The molecule has 0 saturated heterocycles. The molecule has 0 spiro atoms. The van der Waals surface area contributed by atoms with E-state index in [0.717, 1.165) is 15.7 Å². The summed E-state index contributed by atoms with van der Waals surface area (Å²) in [5.41, 5.74) is 2.20. The summed E-state index contributed by atoms with van der Waals surface area (Å²) < 4.78 is 6.01. The van der Waals surface area contributed by atoms with Gasteiger partial charge in [0, 0.05) is 21.7 Å². The number of para-hydroxylation sites is 1. The first-order valence-electron chi connectivity index (χ1n) is 6.55. The molecule has 2 aromatic carbocycles. The molecule has 0 radical (unpaired) electrons. The van der Waals surface area contributed by atoms with Crippen LogP contribution in [-0.2, 0) is 11.3 Å². The number of anilines is 1. The lowest BCUT2D eigenvalue weighted by atomic mass is 10.1. The third-order valence-corrected chi connectivity index (χ3v) is 3.76. The standard InChI is InChI=1S/C16H15BrClNO2/c1-2-21-16(20)13-5-3-4-6-15(13)19-10-11-9-12(17)7-8-14(11)18/h3-9,19H,2,10H2,1H3. The molecule has 3 nitrogen and oxygen atoms in total. The van der Waals surface area contributed by atoms with Gasteiger partial charge in [-0.05, 0) is 42.8 Å². The summed E-state index contributed by atoms with van der Waals surface area (Å²) in [6.45, 7) is 2.66. The van der Waals surface area contributed by atoms with E-state index in [0.29, 0.717) is 23.7 Å². The van der Waals surface area contributed by atoms with E-state index >= 15 is 0 Å². The van der Waals surface area contributed by atoms with Crippen molar-refractivity contribution in [3.05, 3.63) is 63.1 Å². The fourth-order valence-electron chi connectivity index (χ4n) is 1.89. The minimum Gasteiger partial charge on any atom is -0.462 e. The molecule has 0 aliphatic heterocycles. The van der Waals surface area contributed by atoms with Crippen LogP contribution < -0.4 is 5.32 Å². The number of nitrogens with one attached hydrogen (secondary N) is 1. The van der Waals surface area contributed by atoms with E-state index in [1.165, 1.54) is 0 Å². The lowest BCUT2D eigenvalue weighted by Crippen LogP contribution is -2.09. The van der Waals surface area contributed by atoms with Crippen molar-refractivity contribution >= 4 is 39.2 Å². The average molecular weight is 369 g/mol. The van der Waals surface area contributed by atoms with Gasteiger partial charge in [0.05, 0.1) is 12.2 Å². The quantitative estimate of drug-likeness (QED) is 0.764. The highest BCUT2D eigenvalue weighted by Gasteiger charge is 2.11. The maximum Gasteiger partial charge on any atom is 0.340 e. The van der Waals surface area contributed by atoms with Gasteiger partial charge in [-0.15, -0.1) is 0 Å². The van der Waals surface area contributed by atoms with Gasteiger partial charge >= 0.3 is 5.97 Å². The smallest absolute Gasteiger partial charge is 0.340 e. The van der Waals surface area contributed by atoms with Crippen LogP contribution in [0.2, 0.25) is 5.02 Å². The zero-order chi connectivity index (χ0) is 15.2. The first-order chi connectivity index (χ1) is 10.1. The molecule has 0 unspecified atom stereocenters. The predicted molar refractivity (Wildman–Crippen MR) is 88.9 cm³/mol. The summed E-state index contributed by atoms with van der Waals surface area (Å²) in [6.07, 6.45) is 0. The summed E-state index contributed by atoms with van der Waals surface area (Å²) in [5.74, 6) is -0.332. The Balaban J connectivity index is 2.16. The molecule has 0 aromatic heterocycles. The molecule has 0 fully saturated rings. The van der Waals surface area contributed by atoms with Gasteiger partial charge in [0.2, 0.25) is 0 Å². The van der Waals surface area contributed by atoms with Crippen molar-refractivity contribution in [1.29, 1.82) is 0 Å². The van der Waals surface area contributed by atoms with Gasteiger partial charge in [-0.3, -0.25) is 0 Å². The minimum atomic E-state index is -0.332. The minimum absolute atomic E-state index is 0.332. The van der Waals surface area contributed by atoms with E-state index in [9.17, 15) is 4.79 Å². The summed E-state index contributed by atoms with van der Waals surface area (Å²) in [7, 11) is 0. The zero-order valence-electron chi connectivity index (χ0n) is 11.5. The second-order valence-corrected chi connectivity index (χ2v) is 5.68. The highest BCUT2D eigenvalue weighted by molar-refractivity contribution is 9.10. The lowest BCUT2D eigenvalue weighted by molar-refractivity contribution is 0.0527. The molecule has 2 aromatic rings. The van der Waals surface area contributed by atoms with Crippen LogP contribution in [-0.4, -0.2) is 12.6 Å². The van der Waals surface area contributed by atoms with E-state index in [1.807, 2.05) is 36.4 Å². The summed E-state index contributed by atoms with van der Waals surface area (Å²) in [4.78, 5) is 11.9. The molecule has 0 atom stereocenters. The maximum absolute atomic E-state index is 11.9. The molecule has 2 rings (SSSR count). The fourth-order valence-corrected chi connectivity index (χ4v) is 2.49. The Kier molecular flexibility index (Phi) is 5.65. The van der Waals surface area contributed by atoms with Crippen molar-refractivity contribution in [1.82, 2.24) is 0 Å². The highest BCUT2D eigenvalue weighted by Crippen LogP contribution is 2.23. The topological polar surface area (TPSA) is 38.3 Å². The summed E-state index contributed by atoms with van der Waals surface area (Å²) in [6, 6.07) is 12.9. The number of ether oxygens (including phenoxy) is 1. The first kappa shape index (κ1) is 15.9. The average Bonchev–Trinajstić information content (AvgIpc) is 2.49. The molecule has 110 valence electrons. The molecule has 1 N–H and O–H groups in total. The largest absolute Gasteiger partial charge is 0.462 e. The highest BCUT2D eigenvalue weighted by atomic mass is 79.9. The fraction of sp³-hybridized carbons (Fsp3) is 0.188. The van der Waals surface area contributed by atoms with Crippen molar-refractivity contribution < 1.29 is 9.53 Å². The Morgan fingerprint density at radius 2 is 2.05 bits per heavy atom. The van der Waals surface area contributed by atoms with Gasteiger partial charge in [0.25, 0.3) is 0 Å². The van der Waals surface area contributed by atoms with Crippen LogP contribution in [0.4, 0.5) is 5.69 Å².